The van der Waals surface area contributed by atoms with Gasteiger partial charge in [0.1, 0.15) is 0 Å². The van der Waals surface area contributed by atoms with Crippen LogP contribution in [0.4, 0.5) is 0 Å². The topological polar surface area (TPSA) is 29.9 Å². The van der Waals surface area contributed by atoms with Crippen LogP contribution in [0.1, 0.15) is 30.0 Å². The number of hydrogen-bond donors (Lipinski definition) is 1. The van der Waals surface area contributed by atoms with Crippen LogP contribution in [0.15, 0.2) is 60.1 Å². The van der Waals surface area contributed by atoms with Crippen LogP contribution in [0.25, 0.3) is 5.69 Å². The maximum atomic E-state index is 4.63. The minimum Gasteiger partial charge on any atom is -0.303 e. The molecule has 3 rings (SSSR count). The maximum Gasteiger partial charge on any atom is 0.0767 e. The van der Waals surface area contributed by atoms with E-state index < -0.39 is 0 Å². The molecule has 1 atom stereocenters. The second-order valence-corrected chi connectivity index (χ2v) is 5.92. The van der Waals surface area contributed by atoms with E-state index in [2.05, 4.69) is 53.1 Å². The number of benzene rings is 1. The fourth-order valence-corrected chi connectivity index (χ4v) is 3.23. The fourth-order valence-electron chi connectivity index (χ4n) is 2.34. The molecular formula is C17H19N3S. The first-order valence-electron chi connectivity index (χ1n) is 7.23. The Morgan fingerprint density at radius 3 is 2.71 bits per heavy atom. The second-order valence-electron chi connectivity index (χ2n) is 4.94. The van der Waals surface area contributed by atoms with E-state index >= 15 is 0 Å². The molecule has 3 aromatic rings. The third-order valence-corrected chi connectivity index (χ3v) is 4.48. The molecular weight excluding hydrogens is 278 g/mol. The summed E-state index contributed by atoms with van der Waals surface area (Å²) in [4.78, 5) is 1.39. The van der Waals surface area contributed by atoms with E-state index in [1.165, 1.54) is 4.88 Å². The number of rotatable bonds is 6. The van der Waals surface area contributed by atoms with Crippen LogP contribution in [0.5, 0.6) is 0 Å². The largest absolute Gasteiger partial charge is 0.303 e. The monoisotopic (exact) mass is 297 g/mol. The van der Waals surface area contributed by atoms with Crippen LogP contribution in [0, 0.1) is 0 Å². The van der Waals surface area contributed by atoms with Crippen molar-refractivity contribution in [2.24, 2.45) is 0 Å². The van der Waals surface area contributed by atoms with Crippen LogP contribution in [0.2, 0.25) is 0 Å². The number of nitrogens with zero attached hydrogens (tertiary/aromatic N) is 2. The van der Waals surface area contributed by atoms with Gasteiger partial charge in [0.25, 0.3) is 0 Å². The molecule has 1 N–H and O–H groups in total. The summed E-state index contributed by atoms with van der Waals surface area (Å²) in [7, 11) is 0. The summed E-state index contributed by atoms with van der Waals surface area (Å²) in [6.07, 6.45) is 3.10. The van der Waals surface area contributed by atoms with Gasteiger partial charge in [-0.25, -0.2) is 4.68 Å². The Bertz CT molecular complexity index is 658. The number of nitrogens with one attached hydrogen (secondary N) is 1. The molecule has 0 bridgehead atoms. The van der Waals surface area contributed by atoms with Crippen LogP contribution in [-0.2, 0) is 6.54 Å². The van der Waals surface area contributed by atoms with Gasteiger partial charge in [-0.3, -0.25) is 0 Å². The van der Waals surface area contributed by atoms with Crippen molar-refractivity contribution in [3.05, 3.63) is 70.7 Å². The van der Waals surface area contributed by atoms with Gasteiger partial charge in [0.2, 0.25) is 0 Å². The zero-order valence-corrected chi connectivity index (χ0v) is 12.9. The van der Waals surface area contributed by atoms with Crippen LogP contribution in [0.3, 0.4) is 0 Å². The van der Waals surface area contributed by atoms with Crippen molar-refractivity contribution in [3.63, 3.8) is 0 Å². The zero-order valence-electron chi connectivity index (χ0n) is 12.1. The van der Waals surface area contributed by atoms with Gasteiger partial charge in [0, 0.05) is 23.7 Å². The molecule has 1 unspecified atom stereocenters. The molecule has 2 aromatic heterocycles. The standard InChI is InChI=1S/C17H19N3S/c1-2-16(17-9-6-12-21-17)18-13-14-10-11-20(19-14)15-7-4-3-5-8-15/h3-12,16,18H,2,13H2,1H3. The van der Waals surface area contributed by atoms with Gasteiger partial charge < -0.3 is 5.32 Å². The third kappa shape index (κ3) is 3.40. The highest BCUT2D eigenvalue weighted by Gasteiger charge is 2.10. The van der Waals surface area contributed by atoms with Crippen molar-refractivity contribution in [1.82, 2.24) is 15.1 Å². The molecule has 0 aliphatic carbocycles. The normalized spacial score (nSPS) is 12.4. The molecule has 0 radical (unpaired) electrons. The molecule has 2 heterocycles. The summed E-state index contributed by atoms with van der Waals surface area (Å²) in [6, 6.07) is 17.0. The summed E-state index contributed by atoms with van der Waals surface area (Å²) >= 11 is 1.80. The number of thiophene rings is 1. The zero-order chi connectivity index (χ0) is 14.5. The predicted octanol–water partition coefficient (Wildman–Crippen LogP) is 4.17. The van der Waals surface area contributed by atoms with E-state index in [1.54, 1.807) is 11.3 Å². The predicted molar refractivity (Wildman–Crippen MR) is 87.8 cm³/mol. The first-order chi connectivity index (χ1) is 10.4. The average Bonchev–Trinajstić information content (AvgIpc) is 3.20. The molecule has 0 spiro atoms. The Hall–Kier alpha value is -1.91. The lowest BCUT2D eigenvalue weighted by molar-refractivity contribution is 0.520. The van der Waals surface area contributed by atoms with Crippen molar-refractivity contribution < 1.29 is 0 Å². The fraction of sp³-hybridized carbons (Fsp3) is 0.235. The van der Waals surface area contributed by atoms with Crippen molar-refractivity contribution in [3.8, 4) is 5.69 Å². The average molecular weight is 297 g/mol. The molecule has 0 amide bonds. The van der Waals surface area contributed by atoms with Crippen LogP contribution >= 0.6 is 11.3 Å². The molecule has 0 aliphatic heterocycles. The first kappa shape index (κ1) is 14.0. The van der Waals surface area contributed by atoms with Crippen molar-refractivity contribution >= 4 is 11.3 Å². The van der Waals surface area contributed by atoms with Crippen molar-refractivity contribution in [2.75, 3.05) is 0 Å². The van der Waals surface area contributed by atoms with Gasteiger partial charge in [-0.15, -0.1) is 11.3 Å². The molecule has 21 heavy (non-hydrogen) atoms. The van der Waals surface area contributed by atoms with Gasteiger partial charge in [0.15, 0.2) is 0 Å². The lowest BCUT2D eigenvalue weighted by Gasteiger charge is -2.14. The van der Waals surface area contributed by atoms with Gasteiger partial charge in [-0.1, -0.05) is 31.2 Å². The van der Waals surface area contributed by atoms with E-state index in [9.17, 15) is 0 Å². The Morgan fingerprint density at radius 1 is 1.14 bits per heavy atom. The Labute approximate surface area is 129 Å². The molecule has 0 fully saturated rings. The van der Waals surface area contributed by atoms with Gasteiger partial charge in [0.05, 0.1) is 11.4 Å². The summed E-state index contributed by atoms with van der Waals surface area (Å²) in [5.41, 5.74) is 2.16. The van der Waals surface area contributed by atoms with E-state index in [-0.39, 0.29) is 0 Å². The molecule has 4 heteroatoms. The van der Waals surface area contributed by atoms with E-state index in [4.69, 9.17) is 0 Å². The quantitative estimate of drug-likeness (QED) is 0.740. The third-order valence-electron chi connectivity index (χ3n) is 3.49. The molecule has 1 aromatic carbocycles. The molecule has 0 aliphatic rings. The molecule has 0 saturated heterocycles. The highest BCUT2D eigenvalue weighted by molar-refractivity contribution is 7.10. The number of aromatic nitrogens is 2. The Balaban J connectivity index is 1.65. The maximum absolute atomic E-state index is 4.63. The minimum absolute atomic E-state index is 0.409. The first-order valence-corrected chi connectivity index (χ1v) is 8.11. The molecule has 0 saturated carbocycles. The second kappa shape index (κ2) is 6.70. The summed E-state index contributed by atoms with van der Waals surface area (Å²) in [6.45, 7) is 3.00. The highest BCUT2D eigenvalue weighted by atomic mass is 32.1. The summed E-state index contributed by atoms with van der Waals surface area (Å²) in [5.74, 6) is 0. The van der Waals surface area contributed by atoms with Crippen LogP contribution < -0.4 is 5.32 Å². The van der Waals surface area contributed by atoms with Crippen molar-refractivity contribution in [1.29, 1.82) is 0 Å². The SMILES string of the molecule is CCC(NCc1ccn(-c2ccccc2)n1)c1cccs1. The number of para-hydroxylation sites is 1. The summed E-state index contributed by atoms with van der Waals surface area (Å²) < 4.78 is 1.92. The molecule has 3 nitrogen and oxygen atoms in total. The minimum atomic E-state index is 0.409. The lowest BCUT2D eigenvalue weighted by Crippen LogP contribution is -2.19. The Morgan fingerprint density at radius 2 is 2.00 bits per heavy atom. The summed E-state index contributed by atoms with van der Waals surface area (Å²) in [5, 5.41) is 10.3. The van der Waals surface area contributed by atoms with Gasteiger partial charge >= 0.3 is 0 Å². The van der Waals surface area contributed by atoms with E-state index in [0.717, 1.165) is 24.3 Å². The smallest absolute Gasteiger partial charge is 0.0767 e. The molecule has 108 valence electrons. The van der Waals surface area contributed by atoms with Gasteiger partial charge in [-0.05, 0) is 36.1 Å². The Kier molecular flexibility index (Phi) is 4.48. The van der Waals surface area contributed by atoms with E-state index in [1.807, 2.05) is 29.1 Å². The highest BCUT2D eigenvalue weighted by Crippen LogP contribution is 2.22. The lowest BCUT2D eigenvalue weighted by atomic mass is 10.2. The van der Waals surface area contributed by atoms with Crippen LogP contribution in [-0.4, -0.2) is 9.78 Å². The van der Waals surface area contributed by atoms with Crippen molar-refractivity contribution in [2.45, 2.75) is 25.9 Å². The van der Waals surface area contributed by atoms with Gasteiger partial charge in [-0.2, -0.15) is 5.10 Å². The van der Waals surface area contributed by atoms with E-state index in [0.29, 0.717) is 6.04 Å². The number of hydrogen-bond acceptors (Lipinski definition) is 3.